The molecular weight excluding hydrogens is 544 g/mol. The molecule has 2 aromatic carbocycles. The molecule has 37 heavy (non-hydrogen) atoms. The van der Waals surface area contributed by atoms with Gasteiger partial charge in [-0.05, 0) is 93.6 Å². The highest BCUT2D eigenvalue weighted by molar-refractivity contribution is 8.13. The van der Waals surface area contributed by atoms with Crippen molar-refractivity contribution in [2.24, 2.45) is 0 Å². The molecular formula is C24H31ClN2O8S2. The van der Waals surface area contributed by atoms with Crippen LogP contribution in [0.1, 0.15) is 35.1 Å². The van der Waals surface area contributed by atoms with E-state index >= 15 is 0 Å². The lowest BCUT2D eigenvalue weighted by molar-refractivity contribution is -0.144. The Hall–Kier alpha value is -2.51. The van der Waals surface area contributed by atoms with Gasteiger partial charge in [-0.25, -0.2) is 16.8 Å². The third-order valence-corrected chi connectivity index (χ3v) is 8.88. The van der Waals surface area contributed by atoms with Crippen LogP contribution in [0.2, 0.25) is 0 Å². The summed E-state index contributed by atoms with van der Waals surface area (Å²) in [5, 5.41) is 19.8. The number of hydrogen-bond acceptors (Lipinski definition) is 7. The van der Waals surface area contributed by atoms with Crippen LogP contribution >= 0.6 is 10.7 Å². The maximum absolute atomic E-state index is 12.3. The van der Waals surface area contributed by atoms with Crippen molar-refractivity contribution in [1.29, 1.82) is 0 Å². The summed E-state index contributed by atoms with van der Waals surface area (Å²) in [6, 6.07) is 8.84. The molecule has 4 rings (SSSR count). The van der Waals surface area contributed by atoms with Crippen LogP contribution in [0.15, 0.2) is 46.2 Å². The van der Waals surface area contributed by atoms with Crippen molar-refractivity contribution >= 4 is 41.7 Å². The van der Waals surface area contributed by atoms with Crippen molar-refractivity contribution in [2.75, 3.05) is 13.1 Å². The Kier molecular flexibility index (Phi) is 10.3. The Labute approximate surface area is 221 Å². The van der Waals surface area contributed by atoms with Gasteiger partial charge < -0.3 is 15.5 Å². The summed E-state index contributed by atoms with van der Waals surface area (Å²) in [5.74, 6) is -1.82. The molecule has 2 aromatic rings. The van der Waals surface area contributed by atoms with Crippen LogP contribution in [0.25, 0.3) is 0 Å². The van der Waals surface area contributed by atoms with E-state index in [1.54, 1.807) is 24.3 Å². The Balaban J connectivity index is 0.000000217. The molecule has 2 heterocycles. The summed E-state index contributed by atoms with van der Waals surface area (Å²) in [5.41, 5.74) is 3.49. The summed E-state index contributed by atoms with van der Waals surface area (Å²) < 4.78 is 47.4. The van der Waals surface area contributed by atoms with Gasteiger partial charge in [-0.1, -0.05) is 12.1 Å². The molecule has 0 radical (unpaired) electrons. The van der Waals surface area contributed by atoms with Crippen molar-refractivity contribution in [3.05, 3.63) is 58.7 Å². The van der Waals surface area contributed by atoms with E-state index in [-0.39, 0.29) is 22.4 Å². The number of rotatable bonds is 5. The Morgan fingerprint density at radius 2 is 1.24 bits per heavy atom. The number of aryl methyl sites for hydroxylation is 4. The fourth-order valence-corrected chi connectivity index (χ4v) is 6.43. The van der Waals surface area contributed by atoms with Crippen LogP contribution in [0.3, 0.4) is 0 Å². The van der Waals surface area contributed by atoms with E-state index in [4.69, 9.17) is 20.9 Å². The highest BCUT2D eigenvalue weighted by Gasteiger charge is 2.42. The van der Waals surface area contributed by atoms with E-state index in [1.165, 1.54) is 0 Å². The molecule has 10 nitrogen and oxygen atoms in total. The highest BCUT2D eigenvalue weighted by Crippen LogP contribution is 2.28. The molecule has 0 aromatic heterocycles. The number of benzene rings is 2. The van der Waals surface area contributed by atoms with Crippen molar-refractivity contribution < 1.29 is 36.6 Å². The van der Waals surface area contributed by atoms with E-state index in [9.17, 15) is 26.4 Å². The maximum atomic E-state index is 12.3. The minimum absolute atomic E-state index is 0.168. The van der Waals surface area contributed by atoms with Gasteiger partial charge in [0.25, 0.3) is 9.05 Å². The zero-order valence-electron chi connectivity index (χ0n) is 20.9. The second-order valence-corrected chi connectivity index (χ2v) is 13.4. The van der Waals surface area contributed by atoms with Crippen LogP contribution < -0.4 is 5.32 Å². The van der Waals surface area contributed by atoms with E-state index in [0.717, 1.165) is 39.5 Å². The zero-order valence-corrected chi connectivity index (χ0v) is 23.3. The first-order chi connectivity index (χ1) is 17.0. The number of carboxylic acid groups (broad SMARTS) is 2. The van der Waals surface area contributed by atoms with Gasteiger partial charge in [-0.2, -0.15) is 4.31 Å². The van der Waals surface area contributed by atoms with Crippen LogP contribution in [0.5, 0.6) is 0 Å². The lowest BCUT2D eigenvalue weighted by Crippen LogP contribution is -2.54. The molecule has 2 fully saturated rings. The molecule has 2 saturated heterocycles. The average Bonchev–Trinajstić information content (AvgIpc) is 2.63. The predicted molar refractivity (Wildman–Crippen MR) is 139 cm³/mol. The quantitative estimate of drug-likeness (QED) is 0.456. The molecule has 204 valence electrons. The Morgan fingerprint density at radius 1 is 0.811 bits per heavy atom. The lowest BCUT2D eigenvalue weighted by atomic mass is 10.1. The number of carboxylic acids is 2. The fourth-order valence-electron chi connectivity index (χ4n) is 3.69. The van der Waals surface area contributed by atoms with Crippen molar-refractivity contribution in [1.82, 2.24) is 9.62 Å². The standard InChI is InChI=1S/C12H15NO4S.C8H9ClO2S.C4H7NO2/c1-8-5-9(2)7-10(6-8)18(16,17)13-4-3-11(13)12(14)15;1-6-3-7(2)5-8(4-6)12(9,10)11;6-4(7)3-1-2-5-3/h5-7,11H,3-4H2,1-2H3,(H,14,15);3-5H,1-2H3;3,5H,1-2H2,(H,6,7)/t11-;;3-/m0.0/s1. The molecule has 0 saturated carbocycles. The van der Waals surface area contributed by atoms with Gasteiger partial charge in [0.2, 0.25) is 10.0 Å². The van der Waals surface area contributed by atoms with Crippen molar-refractivity contribution in [3.8, 4) is 0 Å². The first-order valence-electron chi connectivity index (χ1n) is 11.3. The van der Waals surface area contributed by atoms with E-state index in [1.807, 2.05) is 39.8 Å². The van der Waals surface area contributed by atoms with Gasteiger partial charge in [0, 0.05) is 17.2 Å². The van der Waals surface area contributed by atoms with Gasteiger partial charge in [0.05, 0.1) is 9.79 Å². The van der Waals surface area contributed by atoms with Crippen LogP contribution in [-0.2, 0) is 28.7 Å². The van der Waals surface area contributed by atoms with Crippen LogP contribution in [0, 0.1) is 27.7 Å². The number of nitrogens with one attached hydrogen (secondary N) is 1. The third-order valence-electron chi connectivity index (χ3n) is 5.66. The van der Waals surface area contributed by atoms with Gasteiger partial charge in [-0.3, -0.25) is 9.59 Å². The first-order valence-corrected chi connectivity index (χ1v) is 15.1. The molecule has 0 bridgehead atoms. The summed E-state index contributed by atoms with van der Waals surface area (Å²) in [6.07, 6.45) is 1.16. The average molecular weight is 575 g/mol. The zero-order chi connectivity index (χ0) is 28.1. The summed E-state index contributed by atoms with van der Waals surface area (Å²) in [6.45, 7) is 8.42. The maximum Gasteiger partial charge on any atom is 0.322 e. The third kappa shape index (κ3) is 8.50. The topological polar surface area (TPSA) is 158 Å². The van der Waals surface area contributed by atoms with Gasteiger partial charge in [0.1, 0.15) is 12.1 Å². The van der Waals surface area contributed by atoms with Gasteiger partial charge in [0.15, 0.2) is 0 Å². The van der Waals surface area contributed by atoms with Crippen molar-refractivity contribution in [2.45, 2.75) is 62.4 Å². The van der Waals surface area contributed by atoms with Gasteiger partial charge >= 0.3 is 11.9 Å². The molecule has 0 aliphatic carbocycles. The molecule has 2 aliphatic rings. The molecule has 0 unspecified atom stereocenters. The predicted octanol–water partition coefficient (Wildman–Crippen LogP) is 2.81. The summed E-state index contributed by atoms with van der Waals surface area (Å²) >= 11 is 0. The second kappa shape index (κ2) is 12.4. The Bertz CT molecular complexity index is 1330. The van der Waals surface area contributed by atoms with Crippen molar-refractivity contribution in [3.63, 3.8) is 0 Å². The van der Waals surface area contributed by atoms with Crippen LogP contribution in [-0.4, -0.2) is 68.5 Å². The Morgan fingerprint density at radius 3 is 1.49 bits per heavy atom. The number of halogens is 1. The van der Waals surface area contributed by atoms with Crippen LogP contribution in [0.4, 0.5) is 0 Å². The lowest BCUT2D eigenvalue weighted by Gasteiger charge is -2.36. The minimum atomic E-state index is -3.69. The van der Waals surface area contributed by atoms with E-state index in [2.05, 4.69) is 5.32 Å². The fraction of sp³-hybridized carbons (Fsp3) is 0.417. The largest absolute Gasteiger partial charge is 0.480 e. The second-order valence-electron chi connectivity index (χ2n) is 8.98. The smallest absolute Gasteiger partial charge is 0.322 e. The number of sulfonamides is 1. The molecule has 0 spiro atoms. The minimum Gasteiger partial charge on any atom is -0.480 e. The number of carbonyl (C=O) groups is 2. The summed E-state index contributed by atoms with van der Waals surface area (Å²) in [7, 11) is -2.09. The number of hydrogen-bond donors (Lipinski definition) is 3. The molecule has 2 aliphatic heterocycles. The summed E-state index contributed by atoms with van der Waals surface area (Å²) in [4.78, 5) is 21.2. The normalized spacial score (nSPS) is 19.2. The molecule has 2 atom stereocenters. The molecule has 13 heteroatoms. The van der Waals surface area contributed by atoms with E-state index in [0.29, 0.717) is 6.42 Å². The number of aliphatic carboxylic acids is 2. The SMILES string of the molecule is Cc1cc(C)cc(S(=O)(=O)Cl)c1.Cc1cc(C)cc(S(=O)(=O)N2CC[C@H]2C(=O)O)c1.O=C(O)[C@@H]1CCN1. The van der Waals surface area contributed by atoms with Gasteiger partial charge in [-0.15, -0.1) is 0 Å². The highest BCUT2D eigenvalue weighted by atomic mass is 35.7. The number of nitrogens with zero attached hydrogens (tertiary/aromatic N) is 1. The van der Waals surface area contributed by atoms with E-state index < -0.39 is 37.1 Å². The first kappa shape index (κ1) is 30.7. The monoisotopic (exact) mass is 574 g/mol. The molecule has 3 N–H and O–H groups in total. The molecule has 0 amide bonds.